The van der Waals surface area contributed by atoms with Gasteiger partial charge in [-0.3, -0.25) is 0 Å². The van der Waals surface area contributed by atoms with Gasteiger partial charge in [0.2, 0.25) is 0 Å². The number of ether oxygens (including phenoxy) is 1. The van der Waals surface area contributed by atoms with Gasteiger partial charge in [0.15, 0.2) is 0 Å². The van der Waals surface area contributed by atoms with Crippen molar-refractivity contribution < 1.29 is 9.13 Å². The Labute approximate surface area is 123 Å². The van der Waals surface area contributed by atoms with Crippen molar-refractivity contribution in [3.63, 3.8) is 0 Å². The molecule has 20 heavy (non-hydrogen) atoms. The standard InChI is InChI=1S/C16H17ClFNO/c1-3-19-10-12-8-11(2)4-7-16(12)20-13-5-6-15(18)14(17)9-13/h4-9,19H,3,10H2,1-2H3. The van der Waals surface area contributed by atoms with Crippen LogP contribution in [0.3, 0.4) is 0 Å². The van der Waals surface area contributed by atoms with Crippen LogP contribution in [-0.4, -0.2) is 6.54 Å². The molecule has 0 fully saturated rings. The monoisotopic (exact) mass is 293 g/mol. The molecule has 0 aromatic heterocycles. The smallest absolute Gasteiger partial charge is 0.142 e. The van der Waals surface area contributed by atoms with Gasteiger partial charge >= 0.3 is 0 Å². The van der Waals surface area contributed by atoms with Crippen molar-refractivity contribution in [3.05, 3.63) is 58.4 Å². The lowest BCUT2D eigenvalue weighted by atomic mass is 10.1. The third-order valence-electron chi connectivity index (χ3n) is 2.90. The maximum absolute atomic E-state index is 13.1. The second-order valence-electron chi connectivity index (χ2n) is 4.57. The second kappa shape index (κ2) is 6.73. The number of hydrogen-bond donors (Lipinski definition) is 1. The summed E-state index contributed by atoms with van der Waals surface area (Å²) in [5.74, 6) is 0.827. The zero-order valence-corrected chi connectivity index (χ0v) is 12.3. The Morgan fingerprint density at radius 2 is 2.00 bits per heavy atom. The Morgan fingerprint density at radius 1 is 1.20 bits per heavy atom. The van der Waals surface area contributed by atoms with Crippen molar-refractivity contribution in [1.29, 1.82) is 0 Å². The molecular formula is C16H17ClFNO. The minimum atomic E-state index is -0.448. The molecule has 0 aliphatic heterocycles. The maximum atomic E-state index is 13.1. The summed E-state index contributed by atoms with van der Waals surface area (Å²) in [6, 6.07) is 10.3. The summed E-state index contributed by atoms with van der Waals surface area (Å²) in [5, 5.41) is 3.33. The highest BCUT2D eigenvalue weighted by atomic mass is 35.5. The molecule has 4 heteroatoms. The highest BCUT2D eigenvalue weighted by Crippen LogP contribution is 2.29. The molecule has 2 aromatic rings. The first kappa shape index (κ1) is 14.8. The summed E-state index contributed by atoms with van der Waals surface area (Å²) in [4.78, 5) is 0. The van der Waals surface area contributed by atoms with E-state index < -0.39 is 5.82 Å². The molecule has 1 N–H and O–H groups in total. The van der Waals surface area contributed by atoms with Crippen LogP contribution in [0.25, 0.3) is 0 Å². The van der Waals surface area contributed by atoms with E-state index in [1.165, 1.54) is 17.7 Å². The predicted molar refractivity (Wildman–Crippen MR) is 80.0 cm³/mol. The van der Waals surface area contributed by atoms with Gasteiger partial charge in [-0.05, 0) is 31.7 Å². The molecule has 0 saturated carbocycles. The van der Waals surface area contributed by atoms with E-state index in [9.17, 15) is 4.39 Å². The van der Waals surface area contributed by atoms with Gasteiger partial charge in [0.25, 0.3) is 0 Å². The molecule has 0 amide bonds. The largest absolute Gasteiger partial charge is 0.457 e. The zero-order chi connectivity index (χ0) is 14.5. The summed E-state index contributed by atoms with van der Waals surface area (Å²) < 4.78 is 18.9. The second-order valence-corrected chi connectivity index (χ2v) is 4.98. The van der Waals surface area contributed by atoms with Crippen LogP contribution in [-0.2, 0) is 6.54 Å². The highest BCUT2D eigenvalue weighted by molar-refractivity contribution is 6.30. The fourth-order valence-electron chi connectivity index (χ4n) is 1.87. The van der Waals surface area contributed by atoms with E-state index in [0.29, 0.717) is 5.75 Å². The third kappa shape index (κ3) is 3.71. The van der Waals surface area contributed by atoms with Crippen molar-refractivity contribution >= 4 is 11.6 Å². The van der Waals surface area contributed by atoms with Gasteiger partial charge in [0, 0.05) is 18.2 Å². The highest BCUT2D eigenvalue weighted by Gasteiger charge is 2.07. The summed E-state index contributed by atoms with van der Waals surface area (Å²) in [6.45, 7) is 5.70. The van der Waals surface area contributed by atoms with Crippen LogP contribution in [0.15, 0.2) is 36.4 Å². The van der Waals surface area contributed by atoms with Crippen molar-refractivity contribution in [1.82, 2.24) is 5.32 Å². The van der Waals surface area contributed by atoms with Crippen LogP contribution in [0.4, 0.5) is 4.39 Å². The lowest BCUT2D eigenvalue weighted by molar-refractivity contribution is 0.471. The first-order chi connectivity index (χ1) is 9.60. The molecule has 2 aromatic carbocycles. The summed E-state index contributed by atoms with van der Waals surface area (Å²) in [5.41, 5.74) is 2.23. The third-order valence-corrected chi connectivity index (χ3v) is 3.19. The molecule has 106 valence electrons. The van der Waals surface area contributed by atoms with Crippen molar-refractivity contribution in [3.8, 4) is 11.5 Å². The quantitative estimate of drug-likeness (QED) is 0.863. The van der Waals surface area contributed by atoms with Crippen LogP contribution < -0.4 is 10.1 Å². The lowest BCUT2D eigenvalue weighted by Gasteiger charge is -2.13. The molecule has 0 spiro atoms. The summed E-state index contributed by atoms with van der Waals surface area (Å²) in [7, 11) is 0. The van der Waals surface area contributed by atoms with Crippen LogP contribution in [0.5, 0.6) is 11.5 Å². The molecule has 0 aliphatic rings. The molecular weight excluding hydrogens is 277 g/mol. The Morgan fingerprint density at radius 3 is 2.70 bits per heavy atom. The molecule has 0 aliphatic carbocycles. The molecule has 0 atom stereocenters. The fourth-order valence-corrected chi connectivity index (χ4v) is 2.04. The van der Waals surface area contributed by atoms with Gasteiger partial charge in [-0.25, -0.2) is 4.39 Å². The SMILES string of the molecule is CCNCc1cc(C)ccc1Oc1ccc(F)c(Cl)c1. The topological polar surface area (TPSA) is 21.3 Å². The van der Waals surface area contributed by atoms with Gasteiger partial charge in [0.1, 0.15) is 17.3 Å². The lowest BCUT2D eigenvalue weighted by Crippen LogP contribution is -2.12. The van der Waals surface area contributed by atoms with E-state index >= 15 is 0 Å². The average molecular weight is 294 g/mol. The predicted octanol–water partition coefficient (Wildman–Crippen LogP) is 4.69. The molecule has 2 nitrogen and oxygen atoms in total. The van der Waals surface area contributed by atoms with Crippen LogP contribution in [0.1, 0.15) is 18.1 Å². The van der Waals surface area contributed by atoms with E-state index in [4.69, 9.17) is 16.3 Å². The first-order valence-corrected chi connectivity index (χ1v) is 6.91. The maximum Gasteiger partial charge on any atom is 0.142 e. The van der Waals surface area contributed by atoms with Crippen molar-refractivity contribution in [2.45, 2.75) is 20.4 Å². The Hall–Kier alpha value is -1.58. The number of halogens is 2. The van der Waals surface area contributed by atoms with Gasteiger partial charge in [0.05, 0.1) is 5.02 Å². The van der Waals surface area contributed by atoms with Gasteiger partial charge in [-0.1, -0.05) is 36.2 Å². The van der Waals surface area contributed by atoms with Gasteiger partial charge in [-0.2, -0.15) is 0 Å². The first-order valence-electron chi connectivity index (χ1n) is 6.53. The summed E-state index contributed by atoms with van der Waals surface area (Å²) >= 11 is 5.76. The molecule has 0 bridgehead atoms. The van der Waals surface area contributed by atoms with E-state index in [1.807, 2.05) is 19.1 Å². The minimum Gasteiger partial charge on any atom is -0.457 e. The van der Waals surface area contributed by atoms with Crippen LogP contribution in [0, 0.1) is 12.7 Å². The zero-order valence-electron chi connectivity index (χ0n) is 11.5. The van der Waals surface area contributed by atoms with E-state index in [1.54, 1.807) is 6.07 Å². The normalized spacial score (nSPS) is 10.6. The number of rotatable bonds is 5. The molecule has 2 rings (SSSR count). The number of hydrogen-bond acceptors (Lipinski definition) is 2. The number of aryl methyl sites for hydroxylation is 1. The van der Waals surface area contributed by atoms with E-state index in [0.717, 1.165) is 24.4 Å². The van der Waals surface area contributed by atoms with E-state index in [2.05, 4.69) is 18.3 Å². The molecule has 0 unspecified atom stereocenters. The van der Waals surface area contributed by atoms with E-state index in [-0.39, 0.29) is 5.02 Å². The Bertz CT molecular complexity index is 601. The average Bonchev–Trinajstić information content (AvgIpc) is 2.43. The fraction of sp³-hybridized carbons (Fsp3) is 0.250. The molecule has 0 radical (unpaired) electrons. The minimum absolute atomic E-state index is 0.0582. The summed E-state index contributed by atoms with van der Waals surface area (Å²) in [6.07, 6.45) is 0. The van der Waals surface area contributed by atoms with Crippen LogP contribution >= 0.6 is 11.6 Å². The van der Waals surface area contributed by atoms with Crippen LogP contribution in [0.2, 0.25) is 5.02 Å². The van der Waals surface area contributed by atoms with Crippen molar-refractivity contribution in [2.24, 2.45) is 0 Å². The van der Waals surface area contributed by atoms with Gasteiger partial charge in [-0.15, -0.1) is 0 Å². The van der Waals surface area contributed by atoms with Crippen molar-refractivity contribution in [2.75, 3.05) is 6.54 Å². The molecule has 0 saturated heterocycles. The number of benzene rings is 2. The molecule has 0 heterocycles. The Kier molecular flexibility index (Phi) is 4.99. The Balaban J connectivity index is 2.25. The number of nitrogens with one attached hydrogen (secondary N) is 1. The van der Waals surface area contributed by atoms with Gasteiger partial charge < -0.3 is 10.1 Å².